The Morgan fingerprint density at radius 1 is 1.26 bits per heavy atom. The van der Waals surface area contributed by atoms with Crippen LogP contribution in [0.15, 0.2) is 22.6 Å². The Kier molecular flexibility index (Phi) is 5.70. The molecule has 1 aromatic heterocycles. The van der Waals surface area contributed by atoms with Crippen molar-refractivity contribution in [3.63, 3.8) is 0 Å². The summed E-state index contributed by atoms with van der Waals surface area (Å²) in [5, 5.41) is 13.7. The van der Waals surface area contributed by atoms with E-state index >= 15 is 0 Å². The molecule has 3 rings (SSSR count). The highest BCUT2D eigenvalue weighted by atomic mass is 16.4. The first-order valence-electron chi connectivity index (χ1n) is 8.90. The van der Waals surface area contributed by atoms with Gasteiger partial charge >= 0.3 is 6.03 Å². The summed E-state index contributed by atoms with van der Waals surface area (Å²) in [4.78, 5) is 25.4. The monoisotopic (exact) mass is 372 g/mol. The van der Waals surface area contributed by atoms with Gasteiger partial charge < -0.3 is 20.8 Å². The summed E-state index contributed by atoms with van der Waals surface area (Å²) in [5.74, 6) is 0.573. The van der Waals surface area contributed by atoms with E-state index in [2.05, 4.69) is 20.8 Å². The van der Waals surface area contributed by atoms with Crippen molar-refractivity contribution in [2.75, 3.05) is 25.0 Å². The van der Waals surface area contributed by atoms with Gasteiger partial charge in [-0.3, -0.25) is 9.69 Å². The minimum atomic E-state index is -0.328. The Hall–Kier alpha value is -2.94. The number of carbonyl (C=O) groups is 2. The van der Waals surface area contributed by atoms with E-state index in [1.54, 1.807) is 6.92 Å². The van der Waals surface area contributed by atoms with E-state index in [9.17, 15) is 9.59 Å². The van der Waals surface area contributed by atoms with Crippen molar-refractivity contribution in [2.24, 2.45) is 5.73 Å². The second kappa shape index (κ2) is 8.17. The van der Waals surface area contributed by atoms with Crippen LogP contribution < -0.4 is 16.4 Å². The Labute approximate surface area is 157 Å². The van der Waals surface area contributed by atoms with E-state index in [-0.39, 0.29) is 24.5 Å². The summed E-state index contributed by atoms with van der Waals surface area (Å²) in [6, 6.07) is 5.39. The number of aromatic nitrogens is 2. The summed E-state index contributed by atoms with van der Waals surface area (Å²) >= 11 is 0. The lowest BCUT2D eigenvalue weighted by Crippen LogP contribution is -2.47. The molecule has 0 bridgehead atoms. The molecule has 3 amide bonds. The number of anilines is 1. The number of nitrogens with one attached hydrogen (secondary N) is 2. The second-order valence-corrected chi connectivity index (χ2v) is 6.77. The van der Waals surface area contributed by atoms with Gasteiger partial charge in [0.15, 0.2) is 0 Å². The van der Waals surface area contributed by atoms with E-state index in [0.717, 1.165) is 37.1 Å². The SMILES string of the molecule is Cc1nnc(-c2ccc(C)c(NC(=O)NC3CCN(CC(N)=O)CC3)c2)o1. The lowest BCUT2D eigenvalue weighted by atomic mass is 10.1. The molecule has 27 heavy (non-hydrogen) atoms. The van der Waals surface area contributed by atoms with Crippen LogP contribution in [0.4, 0.5) is 10.5 Å². The van der Waals surface area contributed by atoms with E-state index in [1.807, 2.05) is 30.0 Å². The standard InChI is InChI=1S/C18H24N6O3/c1-11-3-4-13(17-23-22-12(2)27-17)9-15(11)21-18(26)20-14-5-7-24(8-6-14)10-16(19)25/h3-4,9,14H,5-8,10H2,1-2H3,(H2,19,25)(H2,20,21,26). The lowest BCUT2D eigenvalue weighted by Gasteiger charge is -2.31. The van der Waals surface area contributed by atoms with Crippen LogP contribution in [0.5, 0.6) is 0 Å². The summed E-state index contributed by atoms with van der Waals surface area (Å²) in [6.45, 7) is 5.38. The second-order valence-electron chi connectivity index (χ2n) is 6.77. The third-order valence-electron chi connectivity index (χ3n) is 4.56. The fraction of sp³-hybridized carbons (Fsp3) is 0.444. The number of likely N-dealkylation sites (tertiary alicyclic amines) is 1. The van der Waals surface area contributed by atoms with Crippen molar-refractivity contribution in [2.45, 2.75) is 32.7 Å². The van der Waals surface area contributed by atoms with Crippen LogP contribution in [0.25, 0.3) is 11.5 Å². The molecular weight excluding hydrogens is 348 g/mol. The highest BCUT2D eigenvalue weighted by Gasteiger charge is 2.21. The smallest absolute Gasteiger partial charge is 0.319 e. The Morgan fingerprint density at radius 2 is 2.00 bits per heavy atom. The first-order valence-corrected chi connectivity index (χ1v) is 8.90. The predicted octanol–water partition coefficient (Wildman–Crippen LogP) is 1.42. The number of amides is 3. The number of hydrogen-bond donors (Lipinski definition) is 3. The van der Waals surface area contributed by atoms with E-state index < -0.39 is 0 Å². The van der Waals surface area contributed by atoms with Crippen LogP contribution in [0.2, 0.25) is 0 Å². The molecule has 9 heteroatoms. The number of nitrogens with zero attached hydrogens (tertiary/aromatic N) is 3. The maximum atomic E-state index is 12.4. The van der Waals surface area contributed by atoms with Gasteiger partial charge in [-0.1, -0.05) is 6.07 Å². The summed E-state index contributed by atoms with van der Waals surface area (Å²) in [7, 11) is 0. The van der Waals surface area contributed by atoms with Gasteiger partial charge in [0.2, 0.25) is 17.7 Å². The molecule has 0 atom stereocenters. The van der Waals surface area contributed by atoms with Crippen LogP contribution in [-0.4, -0.2) is 52.7 Å². The van der Waals surface area contributed by atoms with E-state index in [0.29, 0.717) is 17.5 Å². The van der Waals surface area contributed by atoms with E-state index in [1.165, 1.54) is 0 Å². The van der Waals surface area contributed by atoms with Crippen molar-refractivity contribution in [3.8, 4) is 11.5 Å². The molecule has 1 fully saturated rings. The molecule has 9 nitrogen and oxygen atoms in total. The summed E-state index contributed by atoms with van der Waals surface area (Å²) in [6.07, 6.45) is 1.56. The summed E-state index contributed by atoms with van der Waals surface area (Å²) < 4.78 is 5.44. The molecule has 0 spiro atoms. The van der Waals surface area contributed by atoms with Crippen LogP contribution in [0.1, 0.15) is 24.3 Å². The highest BCUT2D eigenvalue weighted by molar-refractivity contribution is 5.91. The van der Waals surface area contributed by atoms with Gasteiger partial charge in [0.1, 0.15) is 0 Å². The zero-order valence-electron chi connectivity index (χ0n) is 15.5. The predicted molar refractivity (Wildman–Crippen MR) is 100 cm³/mol. The number of rotatable bonds is 5. The van der Waals surface area contributed by atoms with Crippen molar-refractivity contribution >= 4 is 17.6 Å². The number of primary amides is 1. The van der Waals surface area contributed by atoms with Crippen LogP contribution in [0.3, 0.4) is 0 Å². The fourth-order valence-corrected chi connectivity index (χ4v) is 3.10. The van der Waals surface area contributed by atoms with Crippen LogP contribution in [0, 0.1) is 13.8 Å². The molecule has 144 valence electrons. The number of piperidine rings is 1. The number of benzene rings is 1. The van der Waals surface area contributed by atoms with Crippen LogP contribution in [-0.2, 0) is 4.79 Å². The molecule has 0 saturated carbocycles. The number of aryl methyl sites for hydroxylation is 2. The molecule has 1 aromatic carbocycles. The molecule has 1 aliphatic heterocycles. The third kappa shape index (κ3) is 5.04. The molecule has 0 aliphatic carbocycles. The number of nitrogens with two attached hydrogens (primary N) is 1. The maximum Gasteiger partial charge on any atom is 0.319 e. The van der Waals surface area contributed by atoms with Gasteiger partial charge in [-0.15, -0.1) is 10.2 Å². The molecule has 0 unspecified atom stereocenters. The molecule has 1 aliphatic rings. The minimum absolute atomic E-state index is 0.0659. The summed E-state index contributed by atoms with van der Waals surface area (Å²) in [5.41, 5.74) is 7.58. The third-order valence-corrected chi connectivity index (χ3v) is 4.56. The quantitative estimate of drug-likeness (QED) is 0.729. The first kappa shape index (κ1) is 18.8. The van der Waals surface area contributed by atoms with E-state index in [4.69, 9.17) is 10.2 Å². The average Bonchev–Trinajstić information content (AvgIpc) is 3.04. The van der Waals surface area contributed by atoms with Crippen LogP contribution >= 0.6 is 0 Å². The van der Waals surface area contributed by atoms with Gasteiger partial charge in [-0.2, -0.15) is 0 Å². The molecule has 1 saturated heterocycles. The maximum absolute atomic E-state index is 12.4. The Morgan fingerprint density at radius 3 is 2.63 bits per heavy atom. The molecule has 2 heterocycles. The number of urea groups is 1. The average molecular weight is 372 g/mol. The number of carbonyl (C=O) groups excluding carboxylic acids is 2. The zero-order chi connectivity index (χ0) is 19.4. The normalized spacial score (nSPS) is 15.5. The molecule has 4 N–H and O–H groups in total. The Bertz CT molecular complexity index is 826. The molecule has 2 aromatic rings. The highest BCUT2D eigenvalue weighted by Crippen LogP contribution is 2.24. The van der Waals surface area contributed by atoms with Crippen molar-refractivity contribution in [3.05, 3.63) is 29.7 Å². The van der Waals surface area contributed by atoms with Gasteiger partial charge in [-0.05, 0) is 37.5 Å². The van der Waals surface area contributed by atoms with Gasteiger partial charge in [0.05, 0.1) is 6.54 Å². The topological polar surface area (TPSA) is 126 Å². The van der Waals surface area contributed by atoms with Gasteiger partial charge in [0.25, 0.3) is 0 Å². The molecular formula is C18H24N6O3. The minimum Gasteiger partial charge on any atom is -0.421 e. The molecule has 0 radical (unpaired) electrons. The van der Waals surface area contributed by atoms with Crippen molar-refractivity contribution in [1.29, 1.82) is 0 Å². The first-order chi connectivity index (χ1) is 12.9. The van der Waals surface area contributed by atoms with Crippen molar-refractivity contribution in [1.82, 2.24) is 20.4 Å². The van der Waals surface area contributed by atoms with Gasteiger partial charge in [0, 0.05) is 37.3 Å². The fourth-order valence-electron chi connectivity index (χ4n) is 3.10. The largest absolute Gasteiger partial charge is 0.421 e. The Balaban J connectivity index is 1.57. The van der Waals surface area contributed by atoms with Gasteiger partial charge in [-0.25, -0.2) is 4.79 Å². The number of hydrogen-bond acceptors (Lipinski definition) is 6. The zero-order valence-corrected chi connectivity index (χ0v) is 15.5. The van der Waals surface area contributed by atoms with Crippen molar-refractivity contribution < 1.29 is 14.0 Å². The lowest BCUT2D eigenvalue weighted by molar-refractivity contribution is -0.119.